The van der Waals surface area contributed by atoms with Gasteiger partial charge in [-0.15, -0.1) is 0 Å². The summed E-state index contributed by atoms with van der Waals surface area (Å²) in [5.41, 5.74) is 0. The standard InChI is InChI=1S/C10H21N.C2H6/c1-9(2)7-11-8-10-5-3-4-6-10;1-2/h9-11H,3-8H2,1-2H3;1-2H3. The molecule has 1 nitrogen and oxygen atoms in total. The van der Waals surface area contributed by atoms with E-state index in [1.54, 1.807) is 0 Å². The lowest BCUT2D eigenvalue weighted by atomic mass is 10.1. The SMILES string of the molecule is CC.CC(C)CNCC1CCCC1. The second-order valence-corrected chi connectivity index (χ2v) is 4.20. The second kappa shape index (κ2) is 8.55. The van der Waals surface area contributed by atoms with Crippen LogP contribution in [-0.2, 0) is 0 Å². The van der Waals surface area contributed by atoms with Gasteiger partial charge in [-0.3, -0.25) is 0 Å². The predicted molar refractivity (Wildman–Crippen MR) is 61.0 cm³/mol. The zero-order valence-corrected chi connectivity index (χ0v) is 9.90. The maximum absolute atomic E-state index is 3.53. The third-order valence-electron chi connectivity index (χ3n) is 2.46. The van der Waals surface area contributed by atoms with Crippen molar-refractivity contribution >= 4 is 0 Å². The van der Waals surface area contributed by atoms with Crippen molar-refractivity contribution in [2.45, 2.75) is 53.4 Å². The molecule has 1 N–H and O–H groups in total. The van der Waals surface area contributed by atoms with E-state index in [2.05, 4.69) is 19.2 Å². The summed E-state index contributed by atoms with van der Waals surface area (Å²) in [6.07, 6.45) is 5.86. The van der Waals surface area contributed by atoms with Crippen LogP contribution < -0.4 is 5.32 Å². The molecule has 1 aliphatic rings. The minimum atomic E-state index is 0.802. The van der Waals surface area contributed by atoms with Gasteiger partial charge in [-0.05, 0) is 37.8 Å². The average molecular weight is 185 g/mol. The molecule has 80 valence electrons. The molecule has 0 amide bonds. The Hall–Kier alpha value is -0.0400. The van der Waals surface area contributed by atoms with Crippen molar-refractivity contribution in [3.63, 3.8) is 0 Å². The molecule has 1 heteroatoms. The van der Waals surface area contributed by atoms with Crippen molar-refractivity contribution in [2.24, 2.45) is 11.8 Å². The highest BCUT2D eigenvalue weighted by Crippen LogP contribution is 2.23. The quantitative estimate of drug-likeness (QED) is 0.707. The Bertz CT molecular complexity index is 93.3. The van der Waals surface area contributed by atoms with Gasteiger partial charge < -0.3 is 5.32 Å². The van der Waals surface area contributed by atoms with Crippen LogP contribution in [0.3, 0.4) is 0 Å². The van der Waals surface area contributed by atoms with Crippen molar-refractivity contribution in [1.82, 2.24) is 5.32 Å². The molecule has 0 aromatic heterocycles. The van der Waals surface area contributed by atoms with Crippen LogP contribution in [-0.4, -0.2) is 13.1 Å². The van der Waals surface area contributed by atoms with E-state index in [-0.39, 0.29) is 0 Å². The third kappa shape index (κ3) is 7.06. The Kier molecular flexibility index (Phi) is 8.53. The Labute approximate surface area is 84.3 Å². The van der Waals surface area contributed by atoms with Crippen LogP contribution >= 0.6 is 0 Å². The van der Waals surface area contributed by atoms with Crippen molar-refractivity contribution < 1.29 is 0 Å². The Morgan fingerprint density at radius 3 is 2.15 bits per heavy atom. The first-order valence-electron chi connectivity index (χ1n) is 5.99. The summed E-state index contributed by atoms with van der Waals surface area (Å²) in [5.74, 6) is 1.80. The van der Waals surface area contributed by atoms with Gasteiger partial charge in [0, 0.05) is 0 Å². The summed E-state index contributed by atoms with van der Waals surface area (Å²) >= 11 is 0. The van der Waals surface area contributed by atoms with E-state index in [1.807, 2.05) is 13.8 Å². The number of hydrogen-bond donors (Lipinski definition) is 1. The van der Waals surface area contributed by atoms with Gasteiger partial charge in [0.25, 0.3) is 0 Å². The first-order valence-corrected chi connectivity index (χ1v) is 5.99. The number of hydrogen-bond acceptors (Lipinski definition) is 1. The molecule has 1 saturated carbocycles. The summed E-state index contributed by atoms with van der Waals surface area (Å²) in [7, 11) is 0. The summed E-state index contributed by atoms with van der Waals surface area (Å²) in [4.78, 5) is 0. The molecule has 0 saturated heterocycles. The lowest BCUT2D eigenvalue weighted by Gasteiger charge is -2.11. The van der Waals surface area contributed by atoms with E-state index in [9.17, 15) is 0 Å². The molecule has 0 radical (unpaired) electrons. The van der Waals surface area contributed by atoms with Crippen LogP contribution in [0.25, 0.3) is 0 Å². The highest BCUT2D eigenvalue weighted by molar-refractivity contribution is 4.69. The van der Waals surface area contributed by atoms with E-state index >= 15 is 0 Å². The second-order valence-electron chi connectivity index (χ2n) is 4.20. The maximum Gasteiger partial charge on any atom is -0.00204 e. The van der Waals surface area contributed by atoms with Crippen molar-refractivity contribution in [1.29, 1.82) is 0 Å². The monoisotopic (exact) mass is 185 g/mol. The van der Waals surface area contributed by atoms with Crippen molar-refractivity contribution in [3.8, 4) is 0 Å². The molecule has 0 atom stereocenters. The summed E-state index contributed by atoms with van der Waals surface area (Å²) in [5, 5.41) is 3.53. The van der Waals surface area contributed by atoms with Crippen molar-refractivity contribution in [2.75, 3.05) is 13.1 Å². The van der Waals surface area contributed by atoms with Crippen molar-refractivity contribution in [3.05, 3.63) is 0 Å². The molecule has 0 aromatic rings. The van der Waals surface area contributed by atoms with E-state index < -0.39 is 0 Å². The van der Waals surface area contributed by atoms with E-state index in [4.69, 9.17) is 0 Å². The van der Waals surface area contributed by atoms with Crippen LogP contribution in [0.1, 0.15) is 53.4 Å². The fraction of sp³-hybridized carbons (Fsp3) is 1.00. The molecule has 1 fully saturated rings. The van der Waals surface area contributed by atoms with Gasteiger partial charge in [-0.2, -0.15) is 0 Å². The van der Waals surface area contributed by atoms with Crippen LogP contribution in [0.2, 0.25) is 0 Å². The highest BCUT2D eigenvalue weighted by Gasteiger charge is 2.13. The van der Waals surface area contributed by atoms with Gasteiger partial charge in [0.05, 0.1) is 0 Å². The van der Waals surface area contributed by atoms with Gasteiger partial charge in [-0.25, -0.2) is 0 Å². The largest absolute Gasteiger partial charge is 0.316 e. The predicted octanol–water partition coefficient (Wildman–Crippen LogP) is 3.45. The molecule has 13 heavy (non-hydrogen) atoms. The summed E-state index contributed by atoms with van der Waals surface area (Å²) in [6.45, 7) is 11.0. The molecule has 0 aliphatic heterocycles. The fourth-order valence-corrected chi connectivity index (χ4v) is 1.79. The minimum Gasteiger partial charge on any atom is -0.316 e. The lowest BCUT2D eigenvalue weighted by molar-refractivity contribution is 0.459. The zero-order chi connectivity index (χ0) is 10.1. The first-order chi connectivity index (χ1) is 6.29. The first kappa shape index (κ1) is 13.0. The maximum atomic E-state index is 3.53. The van der Waals surface area contributed by atoms with Crippen LogP contribution in [0.5, 0.6) is 0 Å². The Morgan fingerprint density at radius 2 is 1.69 bits per heavy atom. The molecule has 0 heterocycles. The number of nitrogens with one attached hydrogen (secondary N) is 1. The number of rotatable bonds is 4. The molecule has 0 spiro atoms. The van der Waals surface area contributed by atoms with Gasteiger partial charge in [0.15, 0.2) is 0 Å². The Morgan fingerprint density at radius 1 is 1.15 bits per heavy atom. The molecular formula is C12H27N. The van der Waals surface area contributed by atoms with Crippen LogP contribution in [0, 0.1) is 11.8 Å². The van der Waals surface area contributed by atoms with Crippen LogP contribution in [0.4, 0.5) is 0 Å². The van der Waals surface area contributed by atoms with Gasteiger partial charge in [0.2, 0.25) is 0 Å². The molecule has 1 rings (SSSR count). The fourth-order valence-electron chi connectivity index (χ4n) is 1.79. The van der Waals surface area contributed by atoms with Crippen LogP contribution in [0.15, 0.2) is 0 Å². The highest BCUT2D eigenvalue weighted by atomic mass is 14.9. The molecule has 0 bridgehead atoms. The van der Waals surface area contributed by atoms with E-state index in [1.165, 1.54) is 38.8 Å². The molecular weight excluding hydrogens is 158 g/mol. The molecule has 1 aliphatic carbocycles. The third-order valence-corrected chi connectivity index (χ3v) is 2.46. The summed E-state index contributed by atoms with van der Waals surface area (Å²) < 4.78 is 0. The summed E-state index contributed by atoms with van der Waals surface area (Å²) in [6, 6.07) is 0. The van der Waals surface area contributed by atoms with Gasteiger partial charge in [-0.1, -0.05) is 40.5 Å². The van der Waals surface area contributed by atoms with Gasteiger partial charge >= 0.3 is 0 Å². The Balaban J connectivity index is 0.000000671. The smallest absolute Gasteiger partial charge is 0.00204 e. The topological polar surface area (TPSA) is 12.0 Å². The minimum absolute atomic E-state index is 0.802. The van der Waals surface area contributed by atoms with E-state index in [0.29, 0.717) is 0 Å². The van der Waals surface area contributed by atoms with Gasteiger partial charge in [0.1, 0.15) is 0 Å². The molecule has 0 aromatic carbocycles. The zero-order valence-electron chi connectivity index (χ0n) is 9.90. The lowest BCUT2D eigenvalue weighted by Crippen LogP contribution is -2.25. The van der Waals surface area contributed by atoms with E-state index in [0.717, 1.165) is 11.8 Å². The molecule has 0 unspecified atom stereocenters. The normalized spacial score (nSPS) is 17.3. The average Bonchev–Trinajstić information content (AvgIpc) is 2.60.